The quantitative estimate of drug-likeness (QED) is 0.373. The van der Waals surface area contributed by atoms with E-state index in [9.17, 15) is 0 Å². The highest BCUT2D eigenvalue weighted by Crippen LogP contribution is 2.36. The second kappa shape index (κ2) is 9.43. The van der Waals surface area contributed by atoms with Crippen molar-refractivity contribution >= 4 is 22.6 Å². The number of fused-ring (bicyclic) bond motifs is 2. The molecule has 7 rings (SSSR count). The minimum Gasteiger partial charge on any atom is -0.369 e. The summed E-state index contributed by atoms with van der Waals surface area (Å²) in [5.41, 5.74) is 10.2. The highest BCUT2D eigenvalue weighted by atomic mass is 15.2. The van der Waals surface area contributed by atoms with Crippen molar-refractivity contribution in [3.63, 3.8) is 0 Å². The van der Waals surface area contributed by atoms with E-state index < -0.39 is 0 Å². The van der Waals surface area contributed by atoms with Gasteiger partial charge in [-0.15, -0.1) is 0 Å². The zero-order chi connectivity index (χ0) is 25.5. The zero-order valence-corrected chi connectivity index (χ0v) is 21.4. The second-order valence-corrected chi connectivity index (χ2v) is 10.0. The fourth-order valence-electron chi connectivity index (χ4n) is 5.42. The van der Waals surface area contributed by atoms with Crippen LogP contribution in [0.2, 0.25) is 0 Å². The summed E-state index contributed by atoms with van der Waals surface area (Å²) >= 11 is 0. The fraction of sp³-hybridized carbons (Fsp3) is 0.194. The molecule has 2 aliphatic heterocycles. The van der Waals surface area contributed by atoms with Crippen molar-refractivity contribution in [1.29, 1.82) is 0 Å². The minimum absolute atomic E-state index is 0.744. The van der Waals surface area contributed by atoms with Crippen LogP contribution in [0.4, 0.5) is 11.5 Å². The molecular weight excluding hydrogens is 470 g/mol. The number of benzene rings is 1. The van der Waals surface area contributed by atoms with Crippen molar-refractivity contribution in [2.24, 2.45) is 0 Å². The molecule has 1 N–H and O–H groups in total. The molecule has 0 bridgehead atoms. The van der Waals surface area contributed by atoms with Crippen LogP contribution in [0.25, 0.3) is 33.3 Å². The summed E-state index contributed by atoms with van der Waals surface area (Å²) in [6.07, 6.45) is 11.8. The third-order valence-corrected chi connectivity index (χ3v) is 7.63. The summed E-state index contributed by atoms with van der Waals surface area (Å²) in [6.45, 7) is 5.09. The van der Waals surface area contributed by atoms with Gasteiger partial charge in [0.15, 0.2) is 0 Å². The molecule has 0 unspecified atom stereocenters. The number of nitrogens with one attached hydrogen (secondary N) is 1. The van der Waals surface area contributed by atoms with Crippen molar-refractivity contribution in [3.8, 4) is 22.3 Å². The van der Waals surface area contributed by atoms with E-state index in [4.69, 9.17) is 4.98 Å². The van der Waals surface area contributed by atoms with Crippen molar-refractivity contribution in [2.75, 3.05) is 50.0 Å². The molecule has 188 valence electrons. The highest BCUT2D eigenvalue weighted by molar-refractivity contribution is 5.91. The molecule has 0 saturated carbocycles. The van der Waals surface area contributed by atoms with Gasteiger partial charge in [0.05, 0.1) is 11.7 Å². The Kier molecular flexibility index (Phi) is 5.63. The number of rotatable bonds is 4. The third kappa shape index (κ3) is 4.11. The van der Waals surface area contributed by atoms with Crippen LogP contribution >= 0.6 is 0 Å². The Bertz CT molecular complexity index is 1630. The number of pyridine rings is 3. The molecule has 0 atom stereocenters. The first-order chi connectivity index (χ1) is 18.7. The topological polar surface area (TPSA) is 61.6 Å². The number of piperazine rings is 1. The smallest absolute Gasteiger partial charge is 0.134 e. The van der Waals surface area contributed by atoms with E-state index in [1.54, 1.807) is 6.20 Å². The second-order valence-electron chi connectivity index (χ2n) is 10.0. The summed E-state index contributed by atoms with van der Waals surface area (Å²) < 4.78 is 1.92. The van der Waals surface area contributed by atoms with E-state index >= 15 is 0 Å². The standard InChI is InChI=1S/C31H29N7/c1-36-13-15-37(16-14-36)26-6-4-22(5-7-26)25-17-28-27(8-11-33-31(28)34-20-25)23-9-12-38-30(18-23)29(21-35-38)24-3-2-10-32-19-24/h2-10,12,17-21H,11,13-16H2,1H3,(H,33,34). The minimum atomic E-state index is 0.744. The van der Waals surface area contributed by atoms with Crippen LogP contribution in [0.1, 0.15) is 11.1 Å². The Morgan fingerprint density at radius 3 is 2.47 bits per heavy atom. The molecule has 7 nitrogen and oxygen atoms in total. The van der Waals surface area contributed by atoms with Crippen molar-refractivity contribution in [3.05, 3.63) is 103 Å². The van der Waals surface area contributed by atoms with Gasteiger partial charge in [-0.2, -0.15) is 5.10 Å². The van der Waals surface area contributed by atoms with E-state index in [1.807, 2.05) is 35.4 Å². The largest absolute Gasteiger partial charge is 0.369 e. The van der Waals surface area contributed by atoms with Crippen molar-refractivity contribution < 1.29 is 0 Å². The lowest BCUT2D eigenvalue weighted by Crippen LogP contribution is -2.44. The molecule has 7 heteroatoms. The van der Waals surface area contributed by atoms with Gasteiger partial charge in [0.1, 0.15) is 5.82 Å². The monoisotopic (exact) mass is 499 g/mol. The van der Waals surface area contributed by atoms with Gasteiger partial charge in [-0.1, -0.05) is 24.3 Å². The zero-order valence-electron chi connectivity index (χ0n) is 21.4. The maximum atomic E-state index is 4.82. The lowest BCUT2D eigenvalue weighted by Gasteiger charge is -2.34. The SMILES string of the molecule is CN1CCN(c2ccc(-c3cnc4c(c3)C(c3ccn5ncc(-c6cccnc6)c5c3)=CCN4)cc2)CC1. The molecule has 38 heavy (non-hydrogen) atoms. The average molecular weight is 500 g/mol. The Labute approximate surface area is 222 Å². The van der Waals surface area contributed by atoms with Gasteiger partial charge in [0, 0.05) is 85.5 Å². The Morgan fingerprint density at radius 2 is 1.66 bits per heavy atom. The summed E-state index contributed by atoms with van der Waals surface area (Å²) in [5, 5.41) is 8.00. The molecule has 1 fully saturated rings. The first kappa shape index (κ1) is 22.7. The molecule has 4 aromatic heterocycles. The molecule has 1 aromatic carbocycles. The molecule has 0 spiro atoms. The predicted octanol–water partition coefficient (Wildman–Crippen LogP) is 5.07. The number of nitrogens with zero attached hydrogens (tertiary/aromatic N) is 6. The molecule has 0 radical (unpaired) electrons. The van der Waals surface area contributed by atoms with E-state index in [1.165, 1.54) is 16.8 Å². The number of likely N-dealkylation sites (N-methyl/N-ethyl adjacent to an activating group) is 1. The van der Waals surface area contributed by atoms with Crippen molar-refractivity contribution in [1.82, 2.24) is 24.5 Å². The van der Waals surface area contributed by atoms with Crippen LogP contribution in [0.3, 0.4) is 0 Å². The summed E-state index contributed by atoms with van der Waals surface area (Å²) in [6, 6.07) is 19.5. The Balaban J connectivity index is 1.22. The van der Waals surface area contributed by atoms with Crippen molar-refractivity contribution in [2.45, 2.75) is 0 Å². The molecule has 5 aromatic rings. The normalized spacial score (nSPS) is 15.7. The lowest BCUT2D eigenvalue weighted by molar-refractivity contribution is 0.313. The van der Waals surface area contributed by atoms with Crippen LogP contribution in [0.15, 0.2) is 91.7 Å². The van der Waals surface area contributed by atoms with E-state index in [-0.39, 0.29) is 0 Å². The number of aromatic nitrogens is 4. The molecule has 2 aliphatic rings. The summed E-state index contributed by atoms with van der Waals surface area (Å²) in [4.78, 5) is 14.0. The lowest BCUT2D eigenvalue weighted by atomic mass is 9.93. The van der Waals surface area contributed by atoms with E-state index in [0.717, 1.165) is 71.9 Å². The Hall–Kier alpha value is -4.49. The maximum Gasteiger partial charge on any atom is 0.134 e. The number of hydrogen-bond donors (Lipinski definition) is 1. The first-order valence-corrected chi connectivity index (χ1v) is 13.1. The van der Waals surface area contributed by atoms with Crippen LogP contribution in [0.5, 0.6) is 0 Å². The summed E-state index contributed by atoms with van der Waals surface area (Å²) in [5.74, 6) is 0.918. The van der Waals surface area contributed by atoms with Crippen LogP contribution in [-0.4, -0.2) is 64.3 Å². The molecule has 6 heterocycles. The molecule has 1 saturated heterocycles. The van der Waals surface area contributed by atoms with Crippen LogP contribution in [0, 0.1) is 0 Å². The summed E-state index contributed by atoms with van der Waals surface area (Å²) in [7, 11) is 2.19. The Morgan fingerprint density at radius 1 is 0.789 bits per heavy atom. The van der Waals surface area contributed by atoms with E-state index in [0.29, 0.717) is 0 Å². The van der Waals surface area contributed by atoms with Gasteiger partial charge >= 0.3 is 0 Å². The van der Waals surface area contributed by atoms with Gasteiger partial charge in [0.25, 0.3) is 0 Å². The van der Waals surface area contributed by atoms with Gasteiger partial charge < -0.3 is 15.1 Å². The molecule has 0 amide bonds. The molecule has 0 aliphatic carbocycles. The first-order valence-electron chi connectivity index (χ1n) is 13.1. The highest BCUT2D eigenvalue weighted by Gasteiger charge is 2.19. The van der Waals surface area contributed by atoms with Gasteiger partial charge in [0.2, 0.25) is 0 Å². The fourth-order valence-corrected chi connectivity index (χ4v) is 5.42. The van der Waals surface area contributed by atoms with Gasteiger partial charge in [-0.3, -0.25) is 4.98 Å². The van der Waals surface area contributed by atoms with Gasteiger partial charge in [-0.05, 0) is 60.1 Å². The van der Waals surface area contributed by atoms with Crippen LogP contribution < -0.4 is 10.2 Å². The third-order valence-electron chi connectivity index (χ3n) is 7.63. The average Bonchev–Trinajstić information content (AvgIpc) is 3.41. The predicted molar refractivity (Wildman–Crippen MR) is 153 cm³/mol. The van der Waals surface area contributed by atoms with E-state index in [2.05, 4.69) is 86.9 Å². The molecular formula is C31H29N7. The number of anilines is 2. The number of hydrogen-bond acceptors (Lipinski definition) is 6. The maximum absolute atomic E-state index is 4.82. The van der Waals surface area contributed by atoms with Crippen LogP contribution in [-0.2, 0) is 0 Å². The van der Waals surface area contributed by atoms with Gasteiger partial charge in [-0.25, -0.2) is 9.50 Å².